The first-order valence-corrected chi connectivity index (χ1v) is 5.31. The lowest BCUT2D eigenvalue weighted by Gasteiger charge is -2.11. The molecule has 1 aliphatic heterocycles. The third-order valence-corrected chi connectivity index (χ3v) is 3.10. The van der Waals surface area contributed by atoms with Crippen molar-refractivity contribution in [3.05, 3.63) is 34.3 Å². The third-order valence-electron chi connectivity index (χ3n) is 2.38. The molecule has 0 saturated carbocycles. The minimum atomic E-state index is -0.0768. The number of hydrogen-bond donors (Lipinski definition) is 2. The van der Waals surface area contributed by atoms with Gasteiger partial charge in [0.05, 0.1) is 6.04 Å². The normalized spacial score (nSPS) is 26.4. The van der Waals surface area contributed by atoms with Gasteiger partial charge in [0.2, 0.25) is 0 Å². The fourth-order valence-corrected chi connectivity index (χ4v) is 2.19. The fourth-order valence-electron chi connectivity index (χ4n) is 1.63. The van der Waals surface area contributed by atoms with Crippen molar-refractivity contribution in [1.29, 1.82) is 0 Å². The summed E-state index contributed by atoms with van der Waals surface area (Å²) in [5.74, 6) is 0. The molecule has 14 heavy (non-hydrogen) atoms. The number of hydrogen-bond acceptors (Lipinski definition) is 3. The van der Waals surface area contributed by atoms with E-state index in [9.17, 15) is 4.79 Å². The standard InChI is InChI=1S/C10H11BrN2O/c11-9-4-2-1-3-8(9)10-5-7(6-14)12-13-10/h1-4,6-7,10,12-13H,5H2. The highest BCUT2D eigenvalue weighted by molar-refractivity contribution is 9.10. The lowest BCUT2D eigenvalue weighted by atomic mass is 10.0. The van der Waals surface area contributed by atoms with Gasteiger partial charge in [-0.2, -0.15) is 0 Å². The van der Waals surface area contributed by atoms with Crippen molar-refractivity contribution in [2.75, 3.05) is 0 Å². The lowest BCUT2D eigenvalue weighted by molar-refractivity contribution is -0.109. The predicted octanol–water partition coefficient (Wildman–Crippen LogP) is 1.56. The van der Waals surface area contributed by atoms with Gasteiger partial charge in [-0.3, -0.25) is 0 Å². The van der Waals surface area contributed by atoms with Crippen LogP contribution in [0, 0.1) is 0 Å². The van der Waals surface area contributed by atoms with E-state index in [0.29, 0.717) is 0 Å². The van der Waals surface area contributed by atoms with E-state index >= 15 is 0 Å². The topological polar surface area (TPSA) is 41.1 Å². The zero-order chi connectivity index (χ0) is 9.97. The van der Waals surface area contributed by atoms with E-state index in [1.54, 1.807) is 0 Å². The van der Waals surface area contributed by atoms with Crippen molar-refractivity contribution in [2.24, 2.45) is 0 Å². The molecule has 1 aromatic rings. The summed E-state index contributed by atoms with van der Waals surface area (Å²) in [5, 5.41) is 0. The van der Waals surface area contributed by atoms with Crippen LogP contribution in [0.1, 0.15) is 18.0 Å². The number of aldehydes is 1. The minimum Gasteiger partial charge on any atom is -0.302 e. The molecule has 0 radical (unpaired) electrons. The van der Waals surface area contributed by atoms with Gasteiger partial charge >= 0.3 is 0 Å². The summed E-state index contributed by atoms with van der Waals surface area (Å²) in [4.78, 5) is 10.6. The van der Waals surface area contributed by atoms with Crippen molar-refractivity contribution in [1.82, 2.24) is 10.9 Å². The Morgan fingerprint density at radius 3 is 2.79 bits per heavy atom. The summed E-state index contributed by atoms with van der Waals surface area (Å²) < 4.78 is 1.07. The highest BCUT2D eigenvalue weighted by Gasteiger charge is 2.25. The van der Waals surface area contributed by atoms with Crippen molar-refractivity contribution >= 4 is 22.2 Å². The van der Waals surface area contributed by atoms with Gasteiger partial charge in [0, 0.05) is 10.5 Å². The molecule has 2 N–H and O–H groups in total. The average molecular weight is 255 g/mol. The van der Waals surface area contributed by atoms with E-state index in [-0.39, 0.29) is 12.1 Å². The summed E-state index contributed by atoms with van der Waals surface area (Å²) >= 11 is 3.49. The molecule has 0 spiro atoms. The molecule has 0 aliphatic carbocycles. The monoisotopic (exact) mass is 254 g/mol. The number of benzene rings is 1. The van der Waals surface area contributed by atoms with Crippen molar-refractivity contribution in [2.45, 2.75) is 18.5 Å². The molecule has 2 unspecified atom stereocenters. The number of hydrazine groups is 1. The number of rotatable bonds is 2. The molecule has 1 fully saturated rings. The van der Waals surface area contributed by atoms with Crippen molar-refractivity contribution in [3.63, 3.8) is 0 Å². The Balaban J connectivity index is 2.17. The van der Waals surface area contributed by atoms with Gasteiger partial charge in [0.25, 0.3) is 0 Å². The first-order chi connectivity index (χ1) is 6.81. The summed E-state index contributed by atoms with van der Waals surface area (Å²) in [6, 6.07) is 8.17. The molecule has 1 aliphatic rings. The molecule has 1 aromatic carbocycles. The SMILES string of the molecule is O=CC1CC(c2ccccc2Br)NN1. The van der Waals surface area contributed by atoms with Crippen LogP contribution >= 0.6 is 15.9 Å². The number of halogens is 1. The summed E-state index contributed by atoms with van der Waals surface area (Å²) in [5.41, 5.74) is 7.23. The molecule has 1 saturated heterocycles. The Morgan fingerprint density at radius 2 is 2.14 bits per heavy atom. The van der Waals surface area contributed by atoms with Crippen LogP contribution in [0.4, 0.5) is 0 Å². The lowest BCUT2D eigenvalue weighted by Crippen LogP contribution is -2.31. The van der Waals surface area contributed by atoms with Gasteiger partial charge < -0.3 is 4.79 Å². The van der Waals surface area contributed by atoms with Crippen LogP contribution in [0.2, 0.25) is 0 Å². The second kappa shape index (κ2) is 4.21. The van der Waals surface area contributed by atoms with E-state index in [4.69, 9.17) is 0 Å². The minimum absolute atomic E-state index is 0.0768. The fraction of sp³-hybridized carbons (Fsp3) is 0.300. The summed E-state index contributed by atoms with van der Waals surface area (Å²) in [6.07, 6.45) is 1.73. The van der Waals surface area contributed by atoms with Crippen LogP contribution in [0.25, 0.3) is 0 Å². The Hall–Kier alpha value is -0.710. The van der Waals surface area contributed by atoms with Gasteiger partial charge in [-0.05, 0) is 18.1 Å². The van der Waals surface area contributed by atoms with Gasteiger partial charge in [-0.25, -0.2) is 10.9 Å². The first-order valence-electron chi connectivity index (χ1n) is 4.52. The number of carbonyl (C=O) groups excluding carboxylic acids is 1. The molecule has 4 heteroatoms. The van der Waals surface area contributed by atoms with E-state index in [0.717, 1.165) is 17.2 Å². The molecule has 1 heterocycles. The van der Waals surface area contributed by atoms with Crippen LogP contribution in [0.15, 0.2) is 28.7 Å². The van der Waals surface area contributed by atoms with Crippen LogP contribution in [0.5, 0.6) is 0 Å². The number of nitrogens with one attached hydrogen (secondary N) is 2. The van der Waals surface area contributed by atoms with Crippen LogP contribution in [-0.4, -0.2) is 12.3 Å². The largest absolute Gasteiger partial charge is 0.302 e. The zero-order valence-electron chi connectivity index (χ0n) is 7.53. The maximum Gasteiger partial charge on any atom is 0.138 e. The maximum absolute atomic E-state index is 10.6. The van der Waals surface area contributed by atoms with Crippen LogP contribution < -0.4 is 10.9 Å². The Labute approximate surface area is 91.0 Å². The Kier molecular flexibility index (Phi) is 2.96. The molecule has 74 valence electrons. The quantitative estimate of drug-likeness (QED) is 0.788. The Morgan fingerprint density at radius 1 is 1.36 bits per heavy atom. The Bertz CT molecular complexity index is 343. The highest BCUT2D eigenvalue weighted by Crippen LogP contribution is 2.27. The first kappa shape index (κ1) is 9.83. The number of carbonyl (C=O) groups is 1. The van der Waals surface area contributed by atoms with Gasteiger partial charge in [-0.1, -0.05) is 34.1 Å². The molecule has 3 nitrogen and oxygen atoms in total. The highest BCUT2D eigenvalue weighted by atomic mass is 79.9. The van der Waals surface area contributed by atoms with Crippen molar-refractivity contribution in [3.8, 4) is 0 Å². The second-order valence-electron chi connectivity index (χ2n) is 3.34. The van der Waals surface area contributed by atoms with Gasteiger partial charge in [0.15, 0.2) is 0 Å². The summed E-state index contributed by atoms with van der Waals surface area (Å²) in [6.45, 7) is 0. The maximum atomic E-state index is 10.6. The molecule has 2 rings (SSSR count). The molecular weight excluding hydrogens is 244 g/mol. The van der Waals surface area contributed by atoms with E-state index < -0.39 is 0 Å². The van der Waals surface area contributed by atoms with E-state index in [1.165, 1.54) is 5.56 Å². The molecule has 0 bridgehead atoms. The smallest absolute Gasteiger partial charge is 0.138 e. The third kappa shape index (κ3) is 1.87. The molecule has 2 atom stereocenters. The second-order valence-corrected chi connectivity index (χ2v) is 4.20. The molecular formula is C10H11BrN2O. The van der Waals surface area contributed by atoms with Crippen molar-refractivity contribution < 1.29 is 4.79 Å². The summed E-state index contributed by atoms with van der Waals surface area (Å²) in [7, 11) is 0. The average Bonchev–Trinajstić information content (AvgIpc) is 2.67. The van der Waals surface area contributed by atoms with Gasteiger partial charge in [0.1, 0.15) is 6.29 Å². The van der Waals surface area contributed by atoms with Crippen LogP contribution in [-0.2, 0) is 4.79 Å². The van der Waals surface area contributed by atoms with E-state index in [1.807, 2.05) is 18.2 Å². The molecule has 0 aromatic heterocycles. The molecule has 0 amide bonds. The van der Waals surface area contributed by atoms with E-state index in [2.05, 4.69) is 32.8 Å². The van der Waals surface area contributed by atoms with Gasteiger partial charge in [-0.15, -0.1) is 0 Å². The predicted molar refractivity (Wildman–Crippen MR) is 57.6 cm³/mol. The zero-order valence-corrected chi connectivity index (χ0v) is 9.12. The van der Waals surface area contributed by atoms with Crippen LogP contribution in [0.3, 0.4) is 0 Å².